The van der Waals surface area contributed by atoms with Gasteiger partial charge >= 0.3 is 6.09 Å². The number of hydrazine groups is 1. The van der Waals surface area contributed by atoms with E-state index in [2.05, 4.69) is 10.9 Å². The van der Waals surface area contributed by atoms with E-state index in [1.165, 1.54) is 0 Å². The van der Waals surface area contributed by atoms with Crippen LogP contribution in [0.5, 0.6) is 0 Å². The van der Waals surface area contributed by atoms with Gasteiger partial charge in [-0.1, -0.05) is 41.9 Å². The summed E-state index contributed by atoms with van der Waals surface area (Å²) in [5.41, 5.74) is 5.07. The molecule has 7 heteroatoms. The van der Waals surface area contributed by atoms with Crippen molar-refractivity contribution in [1.82, 2.24) is 10.9 Å². The second kappa shape index (κ2) is 8.68. The van der Waals surface area contributed by atoms with Crippen molar-refractivity contribution in [2.24, 2.45) is 0 Å². The van der Waals surface area contributed by atoms with E-state index in [-0.39, 0.29) is 17.8 Å². The minimum atomic E-state index is -0.775. The molecule has 0 heterocycles. The maximum Gasteiger partial charge on any atom is 0.426 e. The summed E-state index contributed by atoms with van der Waals surface area (Å²) < 4.78 is 5.06. The molecule has 0 radical (unpaired) electrons. The first kappa shape index (κ1) is 20.5. The first-order valence-corrected chi connectivity index (χ1v) is 8.69. The SMILES string of the molecule is CC(C)(C)OC(=O)NNC(=O)c1ccccc1CC(=O)c1cccc(Cl)c1. The third-order valence-electron chi connectivity index (χ3n) is 3.44. The Kier molecular flexibility index (Phi) is 6.58. The van der Waals surface area contributed by atoms with Crippen molar-refractivity contribution < 1.29 is 19.1 Å². The van der Waals surface area contributed by atoms with Crippen molar-refractivity contribution in [2.45, 2.75) is 32.8 Å². The number of carbonyl (C=O) groups is 3. The summed E-state index contributed by atoms with van der Waals surface area (Å²) in [5, 5.41) is 0.466. The van der Waals surface area contributed by atoms with Crippen LogP contribution in [0, 0.1) is 0 Å². The Morgan fingerprint density at radius 1 is 1.00 bits per heavy atom. The highest BCUT2D eigenvalue weighted by molar-refractivity contribution is 6.31. The number of carbonyl (C=O) groups excluding carboxylic acids is 3. The van der Waals surface area contributed by atoms with Crippen molar-refractivity contribution in [3.8, 4) is 0 Å². The topological polar surface area (TPSA) is 84.5 Å². The molecule has 0 fully saturated rings. The number of nitrogens with one attached hydrogen (secondary N) is 2. The van der Waals surface area contributed by atoms with Gasteiger partial charge in [-0.25, -0.2) is 10.2 Å². The zero-order chi connectivity index (χ0) is 20.0. The van der Waals surface area contributed by atoms with Gasteiger partial charge in [-0.2, -0.15) is 0 Å². The molecule has 2 amide bonds. The number of amides is 2. The Morgan fingerprint density at radius 2 is 1.70 bits per heavy atom. The Labute approximate surface area is 162 Å². The van der Waals surface area contributed by atoms with E-state index in [0.29, 0.717) is 16.1 Å². The van der Waals surface area contributed by atoms with Gasteiger partial charge in [-0.15, -0.1) is 0 Å². The molecule has 0 spiro atoms. The maximum atomic E-state index is 12.5. The zero-order valence-electron chi connectivity index (χ0n) is 15.3. The molecule has 2 rings (SSSR count). The van der Waals surface area contributed by atoms with Crippen LogP contribution < -0.4 is 10.9 Å². The zero-order valence-corrected chi connectivity index (χ0v) is 16.1. The molecule has 0 aliphatic heterocycles. The monoisotopic (exact) mass is 388 g/mol. The molecular formula is C20H21ClN2O4. The molecule has 2 aromatic rings. The quantitative estimate of drug-likeness (QED) is 0.613. The summed E-state index contributed by atoms with van der Waals surface area (Å²) in [5.74, 6) is -0.715. The lowest BCUT2D eigenvalue weighted by atomic mass is 9.98. The smallest absolute Gasteiger partial charge is 0.426 e. The average Bonchev–Trinajstić information content (AvgIpc) is 2.58. The molecule has 142 valence electrons. The second-order valence-electron chi connectivity index (χ2n) is 6.85. The Balaban J connectivity index is 2.07. The molecule has 0 saturated carbocycles. The maximum absolute atomic E-state index is 12.5. The molecule has 2 aromatic carbocycles. The molecule has 0 saturated heterocycles. The normalized spacial score (nSPS) is 10.8. The van der Waals surface area contributed by atoms with E-state index in [1.54, 1.807) is 69.3 Å². The second-order valence-corrected chi connectivity index (χ2v) is 7.28. The van der Waals surface area contributed by atoms with E-state index >= 15 is 0 Å². The number of Topliss-reactive ketones (excluding diaryl/α,β-unsaturated/α-hetero) is 1. The highest BCUT2D eigenvalue weighted by atomic mass is 35.5. The lowest BCUT2D eigenvalue weighted by molar-refractivity contribution is 0.0483. The minimum Gasteiger partial charge on any atom is -0.443 e. The highest BCUT2D eigenvalue weighted by Gasteiger charge is 2.18. The predicted molar refractivity (Wildman–Crippen MR) is 103 cm³/mol. The summed E-state index contributed by atoms with van der Waals surface area (Å²) in [7, 11) is 0. The molecular weight excluding hydrogens is 368 g/mol. The van der Waals surface area contributed by atoms with Gasteiger partial charge in [0.2, 0.25) is 0 Å². The summed E-state index contributed by atoms with van der Waals surface area (Å²) in [6.45, 7) is 5.14. The molecule has 0 aliphatic rings. The van der Waals surface area contributed by atoms with Gasteiger partial charge in [0.25, 0.3) is 5.91 Å². The summed E-state index contributed by atoms with van der Waals surface area (Å²) in [6.07, 6.45) is -0.751. The standard InChI is InChI=1S/C20H21ClN2O4/c1-20(2,3)27-19(26)23-22-18(25)16-10-5-4-7-13(16)12-17(24)14-8-6-9-15(21)11-14/h4-11H,12H2,1-3H3,(H,22,25)(H,23,26). The minimum absolute atomic E-state index is 0.0242. The number of ketones is 1. The van der Waals surface area contributed by atoms with Crippen molar-refractivity contribution in [1.29, 1.82) is 0 Å². The van der Waals surface area contributed by atoms with Gasteiger partial charge in [-0.3, -0.25) is 15.0 Å². The number of hydrogen-bond donors (Lipinski definition) is 2. The number of rotatable bonds is 4. The van der Waals surface area contributed by atoms with E-state index in [4.69, 9.17) is 16.3 Å². The van der Waals surface area contributed by atoms with Crippen LogP contribution >= 0.6 is 11.6 Å². The van der Waals surface area contributed by atoms with Crippen molar-refractivity contribution >= 4 is 29.4 Å². The van der Waals surface area contributed by atoms with Crippen molar-refractivity contribution in [2.75, 3.05) is 0 Å². The fourth-order valence-electron chi connectivity index (χ4n) is 2.31. The molecule has 0 aliphatic carbocycles. The van der Waals surface area contributed by atoms with E-state index in [0.717, 1.165) is 0 Å². The van der Waals surface area contributed by atoms with Crippen molar-refractivity contribution in [3.63, 3.8) is 0 Å². The fraction of sp³-hybridized carbons (Fsp3) is 0.250. The number of benzene rings is 2. The molecule has 0 atom stereocenters. The van der Waals surface area contributed by atoms with Crippen LogP contribution in [0.4, 0.5) is 4.79 Å². The molecule has 2 N–H and O–H groups in total. The van der Waals surface area contributed by atoms with Crippen LogP contribution in [0.15, 0.2) is 48.5 Å². The van der Waals surface area contributed by atoms with Gasteiger partial charge in [0.05, 0.1) is 0 Å². The van der Waals surface area contributed by atoms with E-state index in [9.17, 15) is 14.4 Å². The molecule has 0 bridgehead atoms. The van der Waals surface area contributed by atoms with Crippen LogP contribution in [-0.4, -0.2) is 23.4 Å². The van der Waals surface area contributed by atoms with Crippen LogP contribution in [0.25, 0.3) is 0 Å². The average molecular weight is 389 g/mol. The van der Waals surface area contributed by atoms with Crippen LogP contribution in [-0.2, 0) is 11.2 Å². The van der Waals surface area contributed by atoms with Gasteiger partial charge < -0.3 is 4.74 Å². The van der Waals surface area contributed by atoms with Crippen molar-refractivity contribution in [3.05, 3.63) is 70.2 Å². The molecule has 27 heavy (non-hydrogen) atoms. The predicted octanol–water partition coefficient (Wildman–Crippen LogP) is 3.93. The number of ether oxygens (including phenoxy) is 1. The lowest BCUT2D eigenvalue weighted by Crippen LogP contribution is -2.44. The van der Waals surface area contributed by atoms with Crippen LogP contribution in [0.3, 0.4) is 0 Å². The van der Waals surface area contributed by atoms with E-state index in [1.807, 2.05) is 0 Å². The lowest BCUT2D eigenvalue weighted by Gasteiger charge is -2.20. The van der Waals surface area contributed by atoms with Crippen LogP contribution in [0.2, 0.25) is 5.02 Å². The number of hydrogen-bond acceptors (Lipinski definition) is 4. The highest BCUT2D eigenvalue weighted by Crippen LogP contribution is 2.16. The molecule has 0 unspecified atom stereocenters. The number of halogens is 1. The largest absolute Gasteiger partial charge is 0.443 e. The van der Waals surface area contributed by atoms with Gasteiger partial charge in [0.15, 0.2) is 5.78 Å². The van der Waals surface area contributed by atoms with Crippen LogP contribution in [0.1, 0.15) is 47.1 Å². The Bertz CT molecular complexity index is 859. The molecule has 0 aromatic heterocycles. The third kappa shape index (κ3) is 6.42. The summed E-state index contributed by atoms with van der Waals surface area (Å²) in [6, 6.07) is 13.3. The van der Waals surface area contributed by atoms with Gasteiger partial charge in [0.1, 0.15) is 5.60 Å². The first-order valence-electron chi connectivity index (χ1n) is 8.32. The fourth-order valence-corrected chi connectivity index (χ4v) is 2.50. The van der Waals surface area contributed by atoms with E-state index < -0.39 is 17.6 Å². The summed E-state index contributed by atoms with van der Waals surface area (Å²) >= 11 is 5.92. The summed E-state index contributed by atoms with van der Waals surface area (Å²) in [4.78, 5) is 36.5. The van der Waals surface area contributed by atoms with Gasteiger partial charge in [0, 0.05) is 22.6 Å². The van der Waals surface area contributed by atoms with Gasteiger partial charge in [-0.05, 0) is 44.5 Å². The Hall–Kier alpha value is -2.86. The third-order valence-corrected chi connectivity index (χ3v) is 3.67. The Morgan fingerprint density at radius 3 is 2.37 bits per heavy atom. The first-order chi connectivity index (χ1) is 12.7. The molecule has 6 nitrogen and oxygen atoms in total.